The van der Waals surface area contributed by atoms with Crippen molar-refractivity contribution in [3.63, 3.8) is 0 Å². The Morgan fingerprint density at radius 2 is 2.11 bits per heavy atom. The number of aliphatic hydroxyl groups is 1. The van der Waals surface area contributed by atoms with E-state index in [2.05, 4.69) is 10.2 Å². The number of carbonyl (C=O) groups is 1. The van der Waals surface area contributed by atoms with E-state index in [-0.39, 0.29) is 18.4 Å². The average molecular weight is 305 g/mol. The molecule has 0 unspecified atom stereocenters. The lowest BCUT2D eigenvalue weighted by molar-refractivity contribution is -0.133. The van der Waals surface area contributed by atoms with Crippen LogP contribution in [0.4, 0.5) is 0 Å². The number of aliphatic carboxylic acids is 1. The summed E-state index contributed by atoms with van der Waals surface area (Å²) < 4.78 is 13.2. The molecular formula is C10H15N3O4S2. The van der Waals surface area contributed by atoms with Crippen LogP contribution in [0.25, 0.3) is 0 Å². The van der Waals surface area contributed by atoms with Gasteiger partial charge in [0, 0.05) is 28.3 Å². The Balaban J connectivity index is 2.18. The first kappa shape index (κ1) is 14.5. The van der Waals surface area contributed by atoms with Crippen LogP contribution in [0.1, 0.15) is 24.7 Å². The number of thioether (sulfide) groups is 1. The number of rotatable bonds is 5. The van der Waals surface area contributed by atoms with Gasteiger partial charge in [0.1, 0.15) is 6.61 Å². The van der Waals surface area contributed by atoms with Crippen LogP contribution in [0.3, 0.4) is 0 Å². The molecule has 1 aromatic heterocycles. The highest BCUT2D eigenvalue weighted by atomic mass is 32.2. The standard InChI is InChI=1S/C10H15N3O4S2/c14-5-8-11-12-10(18-6-9(15)16)13(8)7-1-3-19(17)4-2-7/h7,14H,1-6H2,(H,15,16). The fourth-order valence-electron chi connectivity index (χ4n) is 2.05. The largest absolute Gasteiger partial charge is 0.481 e. The van der Waals surface area contributed by atoms with Gasteiger partial charge in [-0.05, 0) is 12.8 Å². The summed E-state index contributed by atoms with van der Waals surface area (Å²) in [5, 5.41) is 26.3. The molecule has 1 fully saturated rings. The van der Waals surface area contributed by atoms with Crippen LogP contribution in [0, 0.1) is 0 Å². The highest BCUT2D eigenvalue weighted by Crippen LogP contribution is 2.28. The van der Waals surface area contributed by atoms with Crippen LogP contribution < -0.4 is 0 Å². The molecule has 0 amide bonds. The molecule has 2 N–H and O–H groups in total. The van der Waals surface area contributed by atoms with Gasteiger partial charge in [0.25, 0.3) is 0 Å². The lowest BCUT2D eigenvalue weighted by atomic mass is 10.1. The molecule has 0 aromatic carbocycles. The van der Waals surface area contributed by atoms with Gasteiger partial charge in [0.05, 0.1) is 5.75 Å². The Kier molecular flexibility index (Phi) is 4.94. The SMILES string of the molecule is O=C(O)CSc1nnc(CO)n1C1CCS(=O)CC1. The molecule has 0 spiro atoms. The summed E-state index contributed by atoms with van der Waals surface area (Å²) in [5.74, 6) is 0.663. The maximum absolute atomic E-state index is 11.4. The number of hydrogen-bond acceptors (Lipinski definition) is 6. The first-order chi connectivity index (χ1) is 9.11. The Hall–Kier alpha value is -0.930. The minimum absolute atomic E-state index is 0.0890. The first-order valence-electron chi connectivity index (χ1n) is 5.86. The smallest absolute Gasteiger partial charge is 0.313 e. The van der Waals surface area contributed by atoms with Gasteiger partial charge in [0.15, 0.2) is 11.0 Å². The summed E-state index contributed by atoms with van der Waals surface area (Å²) in [4.78, 5) is 10.6. The van der Waals surface area contributed by atoms with E-state index in [1.165, 1.54) is 0 Å². The van der Waals surface area contributed by atoms with Crippen molar-refractivity contribution in [3.8, 4) is 0 Å². The summed E-state index contributed by atoms with van der Waals surface area (Å²) in [5.41, 5.74) is 0. The van der Waals surface area contributed by atoms with Crippen molar-refractivity contribution in [2.75, 3.05) is 17.3 Å². The fourth-order valence-corrected chi connectivity index (χ4v) is 4.06. The Bertz CT molecular complexity index is 481. The summed E-state index contributed by atoms with van der Waals surface area (Å²) >= 11 is 1.09. The number of aliphatic hydroxyl groups excluding tert-OH is 1. The van der Waals surface area contributed by atoms with Crippen LogP contribution in [-0.4, -0.2) is 52.4 Å². The molecular weight excluding hydrogens is 290 g/mol. The number of carboxylic acids is 1. The van der Waals surface area contributed by atoms with E-state index in [4.69, 9.17) is 5.11 Å². The van der Waals surface area contributed by atoms with Crippen molar-refractivity contribution < 1.29 is 19.2 Å². The number of aromatic nitrogens is 3. The molecule has 1 aromatic rings. The monoisotopic (exact) mass is 305 g/mol. The second-order valence-corrected chi connectivity index (χ2v) is 6.83. The van der Waals surface area contributed by atoms with Gasteiger partial charge in [-0.1, -0.05) is 11.8 Å². The molecule has 19 heavy (non-hydrogen) atoms. The Morgan fingerprint density at radius 3 is 2.68 bits per heavy atom. The van der Waals surface area contributed by atoms with Crippen molar-refractivity contribution >= 4 is 28.5 Å². The zero-order chi connectivity index (χ0) is 13.8. The van der Waals surface area contributed by atoms with Crippen LogP contribution in [0.2, 0.25) is 0 Å². The lowest BCUT2D eigenvalue weighted by Crippen LogP contribution is -2.23. The van der Waals surface area contributed by atoms with Crippen molar-refractivity contribution in [1.29, 1.82) is 0 Å². The first-order valence-corrected chi connectivity index (χ1v) is 8.33. The Labute approximate surface area is 116 Å². The predicted molar refractivity (Wildman–Crippen MR) is 70.5 cm³/mol. The third kappa shape index (κ3) is 3.54. The number of hydrogen-bond donors (Lipinski definition) is 2. The molecule has 1 saturated heterocycles. The molecule has 106 valence electrons. The van der Waals surface area contributed by atoms with E-state index in [0.29, 0.717) is 22.5 Å². The second-order valence-electron chi connectivity index (χ2n) is 4.19. The minimum Gasteiger partial charge on any atom is -0.481 e. The highest BCUT2D eigenvalue weighted by Gasteiger charge is 2.25. The van der Waals surface area contributed by atoms with Crippen LogP contribution in [0.15, 0.2) is 5.16 Å². The quantitative estimate of drug-likeness (QED) is 0.739. The average Bonchev–Trinajstić information content (AvgIpc) is 2.80. The molecule has 0 radical (unpaired) electrons. The molecule has 9 heteroatoms. The van der Waals surface area contributed by atoms with Crippen molar-refractivity contribution in [2.24, 2.45) is 0 Å². The van der Waals surface area contributed by atoms with Gasteiger partial charge in [-0.15, -0.1) is 10.2 Å². The molecule has 0 saturated carbocycles. The molecule has 0 bridgehead atoms. The van der Waals surface area contributed by atoms with Crippen LogP contribution in [0.5, 0.6) is 0 Å². The number of nitrogens with zero attached hydrogens (tertiary/aromatic N) is 3. The third-order valence-electron chi connectivity index (χ3n) is 2.92. The molecule has 2 rings (SSSR count). The topological polar surface area (TPSA) is 105 Å². The summed E-state index contributed by atoms with van der Waals surface area (Å²) in [7, 11) is -0.766. The molecule has 0 aliphatic carbocycles. The molecule has 2 heterocycles. The maximum Gasteiger partial charge on any atom is 0.313 e. The van der Waals surface area contributed by atoms with E-state index in [1.54, 1.807) is 4.57 Å². The second kappa shape index (κ2) is 6.49. The predicted octanol–water partition coefficient (Wildman–Crippen LogP) is 0.0307. The van der Waals surface area contributed by atoms with Gasteiger partial charge in [-0.2, -0.15) is 0 Å². The van der Waals surface area contributed by atoms with Gasteiger partial charge < -0.3 is 14.8 Å². The van der Waals surface area contributed by atoms with Crippen LogP contribution >= 0.6 is 11.8 Å². The maximum atomic E-state index is 11.4. The molecule has 0 atom stereocenters. The van der Waals surface area contributed by atoms with Crippen molar-refractivity contribution in [1.82, 2.24) is 14.8 Å². The van der Waals surface area contributed by atoms with E-state index in [9.17, 15) is 14.1 Å². The normalized spacial score (nSPS) is 23.4. The third-order valence-corrected chi connectivity index (χ3v) is 5.23. The summed E-state index contributed by atoms with van der Waals surface area (Å²) in [6.07, 6.45) is 1.47. The van der Waals surface area contributed by atoms with Crippen molar-refractivity contribution in [3.05, 3.63) is 5.82 Å². The molecule has 7 nitrogen and oxygen atoms in total. The number of carboxylic acid groups (broad SMARTS) is 1. The van der Waals surface area contributed by atoms with Crippen molar-refractivity contribution in [2.45, 2.75) is 30.6 Å². The minimum atomic E-state index is -0.921. The van der Waals surface area contributed by atoms with Gasteiger partial charge in [-0.25, -0.2) is 0 Å². The van der Waals surface area contributed by atoms with Crippen LogP contribution in [-0.2, 0) is 22.2 Å². The van der Waals surface area contributed by atoms with E-state index < -0.39 is 16.8 Å². The molecule has 1 aliphatic heterocycles. The van der Waals surface area contributed by atoms with Gasteiger partial charge in [0.2, 0.25) is 0 Å². The summed E-state index contributed by atoms with van der Waals surface area (Å²) in [6.45, 7) is -0.236. The fraction of sp³-hybridized carbons (Fsp3) is 0.700. The zero-order valence-electron chi connectivity index (χ0n) is 10.2. The Morgan fingerprint density at radius 1 is 1.42 bits per heavy atom. The van der Waals surface area contributed by atoms with E-state index in [1.807, 2.05) is 0 Å². The summed E-state index contributed by atoms with van der Waals surface area (Å²) in [6, 6.07) is 0.0890. The van der Waals surface area contributed by atoms with E-state index in [0.717, 1.165) is 24.6 Å². The highest BCUT2D eigenvalue weighted by molar-refractivity contribution is 7.99. The lowest BCUT2D eigenvalue weighted by Gasteiger charge is -2.24. The zero-order valence-corrected chi connectivity index (χ0v) is 11.8. The molecule has 1 aliphatic rings. The van der Waals surface area contributed by atoms with Gasteiger partial charge >= 0.3 is 5.97 Å². The van der Waals surface area contributed by atoms with Gasteiger partial charge in [-0.3, -0.25) is 9.00 Å². The van der Waals surface area contributed by atoms with E-state index >= 15 is 0 Å².